The minimum Gasteiger partial charge on any atom is -0.477 e. The van der Waals surface area contributed by atoms with E-state index < -0.39 is 0 Å². The van der Waals surface area contributed by atoms with Gasteiger partial charge in [-0.05, 0) is 41.9 Å². The fourth-order valence-corrected chi connectivity index (χ4v) is 1.73. The third-order valence-corrected chi connectivity index (χ3v) is 2.55. The van der Waals surface area contributed by atoms with Gasteiger partial charge in [-0.15, -0.1) is 0 Å². The van der Waals surface area contributed by atoms with Crippen molar-refractivity contribution in [3.63, 3.8) is 0 Å². The molecule has 0 aliphatic heterocycles. The largest absolute Gasteiger partial charge is 0.477 e. The van der Waals surface area contributed by atoms with Gasteiger partial charge in [0.25, 0.3) is 0 Å². The van der Waals surface area contributed by atoms with E-state index in [2.05, 4.69) is 25.9 Å². The second kappa shape index (κ2) is 5.86. The Balaban J connectivity index is 2.39. The van der Waals surface area contributed by atoms with E-state index in [1.807, 2.05) is 26.0 Å². The minimum absolute atomic E-state index is 0.301. The summed E-state index contributed by atoms with van der Waals surface area (Å²) in [4.78, 5) is 8.32. The average Bonchev–Trinajstić information content (AvgIpc) is 2.77. The van der Waals surface area contributed by atoms with Gasteiger partial charge >= 0.3 is 6.01 Å². The Morgan fingerprint density at radius 2 is 2.00 bits per heavy atom. The van der Waals surface area contributed by atoms with Gasteiger partial charge in [0.1, 0.15) is 5.76 Å². The summed E-state index contributed by atoms with van der Waals surface area (Å²) < 4.78 is 16.8. The molecule has 0 N–H and O–H groups in total. The van der Waals surface area contributed by atoms with Crippen LogP contribution in [0.25, 0.3) is 11.3 Å². The Morgan fingerprint density at radius 3 is 2.61 bits per heavy atom. The monoisotopic (exact) mass is 312 g/mol. The van der Waals surface area contributed by atoms with Crippen LogP contribution in [0.3, 0.4) is 0 Å². The molecule has 2 rings (SSSR count). The number of hydrogen-bond donors (Lipinski definition) is 0. The molecule has 0 saturated heterocycles. The van der Waals surface area contributed by atoms with Crippen molar-refractivity contribution < 1.29 is 13.9 Å². The normalized spacial score (nSPS) is 10.4. The van der Waals surface area contributed by atoms with Gasteiger partial charge in [-0.2, -0.15) is 4.98 Å². The van der Waals surface area contributed by atoms with Crippen LogP contribution >= 0.6 is 15.9 Å². The summed E-state index contributed by atoms with van der Waals surface area (Å²) in [6, 6.07) is 3.93. The van der Waals surface area contributed by atoms with Crippen LogP contribution in [0.1, 0.15) is 13.8 Å². The van der Waals surface area contributed by atoms with Crippen molar-refractivity contribution in [1.29, 1.82) is 0 Å². The molecule has 0 spiro atoms. The average molecular weight is 313 g/mol. The summed E-state index contributed by atoms with van der Waals surface area (Å²) in [6.07, 6.45) is 1.63. The fourth-order valence-electron chi connectivity index (χ4n) is 1.42. The van der Waals surface area contributed by atoms with Crippen LogP contribution in [0.2, 0.25) is 0 Å². The van der Waals surface area contributed by atoms with Crippen LogP contribution in [-0.4, -0.2) is 23.2 Å². The zero-order valence-electron chi connectivity index (χ0n) is 10.1. The molecule has 2 heterocycles. The molecule has 2 aromatic rings. The highest BCUT2D eigenvalue weighted by molar-refractivity contribution is 9.10. The predicted octanol–water partition coefficient (Wildman–Crippen LogP) is 3.30. The number of aromatic nitrogens is 2. The smallest absolute Gasteiger partial charge is 0.319 e. The van der Waals surface area contributed by atoms with Gasteiger partial charge in [-0.1, -0.05) is 0 Å². The lowest BCUT2D eigenvalue weighted by Crippen LogP contribution is -2.02. The number of nitrogens with zero attached hydrogens (tertiary/aromatic N) is 2. The summed E-state index contributed by atoms with van der Waals surface area (Å²) in [5.74, 6) is 1.10. The van der Waals surface area contributed by atoms with Crippen molar-refractivity contribution in [2.45, 2.75) is 13.8 Å². The first-order valence-electron chi connectivity index (χ1n) is 5.63. The molecule has 0 radical (unpaired) electrons. The van der Waals surface area contributed by atoms with E-state index >= 15 is 0 Å². The molecule has 6 heteroatoms. The molecular formula is C12H13BrN2O3. The third-order valence-electron chi connectivity index (χ3n) is 2.12. The quantitative estimate of drug-likeness (QED) is 0.848. The van der Waals surface area contributed by atoms with Crippen LogP contribution in [-0.2, 0) is 0 Å². The van der Waals surface area contributed by atoms with Crippen LogP contribution in [0.5, 0.6) is 11.9 Å². The van der Waals surface area contributed by atoms with Crippen LogP contribution in [0, 0.1) is 0 Å². The first kappa shape index (κ1) is 12.9. The molecule has 0 aliphatic carbocycles. The first-order chi connectivity index (χ1) is 8.74. The maximum atomic E-state index is 5.48. The molecule has 96 valence electrons. The predicted molar refractivity (Wildman–Crippen MR) is 69.8 cm³/mol. The molecule has 5 nitrogen and oxygen atoms in total. The number of ether oxygens (including phenoxy) is 2. The first-order valence-corrected chi connectivity index (χ1v) is 6.42. The minimum atomic E-state index is 0.301. The van der Waals surface area contributed by atoms with Crippen molar-refractivity contribution in [1.82, 2.24) is 9.97 Å². The molecule has 0 unspecified atom stereocenters. The Labute approximate surface area is 113 Å². The zero-order chi connectivity index (χ0) is 13.0. The van der Waals surface area contributed by atoms with Crippen molar-refractivity contribution in [3.05, 3.63) is 23.0 Å². The van der Waals surface area contributed by atoms with Gasteiger partial charge in [-0.3, -0.25) is 0 Å². The molecule has 2 aromatic heterocycles. The van der Waals surface area contributed by atoms with E-state index in [1.54, 1.807) is 6.20 Å². The molecule has 0 saturated carbocycles. The van der Waals surface area contributed by atoms with Crippen LogP contribution < -0.4 is 9.47 Å². The van der Waals surface area contributed by atoms with E-state index in [-0.39, 0.29) is 0 Å². The highest BCUT2D eigenvalue weighted by Crippen LogP contribution is 2.31. The lowest BCUT2D eigenvalue weighted by atomic mass is 10.2. The zero-order valence-corrected chi connectivity index (χ0v) is 11.7. The summed E-state index contributed by atoms with van der Waals surface area (Å²) in [6.45, 7) is 4.79. The highest BCUT2D eigenvalue weighted by atomic mass is 79.9. The van der Waals surface area contributed by atoms with Crippen molar-refractivity contribution in [2.24, 2.45) is 0 Å². The van der Waals surface area contributed by atoms with Gasteiger partial charge < -0.3 is 13.9 Å². The lowest BCUT2D eigenvalue weighted by molar-refractivity contribution is 0.289. The van der Waals surface area contributed by atoms with Crippen molar-refractivity contribution in [3.8, 4) is 23.2 Å². The van der Waals surface area contributed by atoms with Gasteiger partial charge in [-0.25, -0.2) is 4.98 Å². The third kappa shape index (κ3) is 2.81. The SMILES string of the molecule is CCOc1ncc(-c2ccc(Br)o2)c(OCC)n1. The number of rotatable bonds is 5. The molecule has 0 fully saturated rings. The molecule has 0 atom stereocenters. The second-order valence-electron chi connectivity index (χ2n) is 3.34. The number of halogens is 1. The van der Waals surface area contributed by atoms with E-state index in [9.17, 15) is 0 Å². The summed E-state index contributed by atoms with van der Waals surface area (Å²) >= 11 is 3.26. The maximum absolute atomic E-state index is 5.48. The van der Waals surface area contributed by atoms with E-state index in [4.69, 9.17) is 13.9 Å². The van der Waals surface area contributed by atoms with Crippen molar-refractivity contribution >= 4 is 15.9 Å². The van der Waals surface area contributed by atoms with E-state index in [1.165, 1.54) is 0 Å². The molecule has 18 heavy (non-hydrogen) atoms. The molecule has 0 bridgehead atoms. The summed E-state index contributed by atoms with van der Waals surface area (Å²) in [5, 5.41) is 0. The Bertz CT molecular complexity index is 528. The Hall–Kier alpha value is -1.56. The maximum Gasteiger partial charge on any atom is 0.319 e. The molecule has 0 aromatic carbocycles. The van der Waals surface area contributed by atoms with Crippen LogP contribution in [0.15, 0.2) is 27.4 Å². The number of furan rings is 1. The lowest BCUT2D eigenvalue weighted by Gasteiger charge is -2.08. The van der Waals surface area contributed by atoms with E-state index in [0.717, 1.165) is 0 Å². The number of hydrogen-bond acceptors (Lipinski definition) is 5. The Kier molecular flexibility index (Phi) is 4.19. The second-order valence-corrected chi connectivity index (χ2v) is 4.12. The topological polar surface area (TPSA) is 57.4 Å². The van der Waals surface area contributed by atoms with Gasteiger partial charge in [0.05, 0.1) is 18.8 Å². The van der Waals surface area contributed by atoms with E-state index in [0.29, 0.717) is 41.1 Å². The summed E-state index contributed by atoms with van der Waals surface area (Å²) in [7, 11) is 0. The van der Waals surface area contributed by atoms with Crippen molar-refractivity contribution in [2.75, 3.05) is 13.2 Å². The van der Waals surface area contributed by atoms with Crippen LogP contribution in [0.4, 0.5) is 0 Å². The van der Waals surface area contributed by atoms with Gasteiger partial charge in [0.2, 0.25) is 5.88 Å². The fraction of sp³-hybridized carbons (Fsp3) is 0.333. The van der Waals surface area contributed by atoms with Gasteiger partial charge in [0, 0.05) is 6.20 Å². The Morgan fingerprint density at radius 1 is 1.22 bits per heavy atom. The highest BCUT2D eigenvalue weighted by Gasteiger charge is 2.14. The molecular weight excluding hydrogens is 300 g/mol. The summed E-state index contributed by atoms with van der Waals surface area (Å²) in [5.41, 5.74) is 0.700. The molecule has 0 amide bonds. The van der Waals surface area contributed by atoms with Gasteiger partial charge in [0.15, 0.2) is 4.67 Å². The standard InChI is InChI=1S/C12H13BrN2O3/c1-3-16-11-8(9-5-6-10(13)18-9)7-14-12(15-11)17-4-2/h5-7H,3-4H2,1-2H3. The molecule has 0 aliphatic rings.